The van der Waals surface area contributed by atoms with Gasteiger partial charge in [0, 0.05) is 11.8 Å². The van der Waals surface area contributed by atoms with Crippen molar-refractivity contribution in [2.75, 3.05) is 0 Å². The average molecular weight is 182 g/mol. The molecule has 0 aromatic heterocycles. The zero-order valence-electron chi connectivity index (χ0n) is 9.39. The second-order valence-electron chi connectivity index (χ2n) is 5.51. The molecule has 0 bridgehead atoms. The Bertz CT molecular complexity index is 191. The van der Waals surface area contributed by atoms with E-state index in [0.717, 1.165) is 12.8 Å². The summed E-state index contributed by atoms with van der Waals surface area (Å²) < 4.78 is 0. The lowest BCUT2D eigenvalue weighted by Crippen LogP contribution is -2.30. The minimum atomic E-state index is 0.221. The molecule has 1 fully saturated rings. The van der Waals surface area contributed by atoms with Crippen LogP contribution >= 0.6 is 0 Å². The maximum Gasteiger partial charge on any atom is 0.138 e. The fraction of sp³-hybridized carbons (Fsp3) is 0.917. The van der Waals surface area contributed by atoms with Gasteiger partial charge in [0.1, 0.15) is 5.78 Å². The van der Waals surface area contributed by atoms with Crippen molar-refractivity contribution in [1.29, 1.82) is 0 Å². The van der Waals surface area contributed by atoms with Crippen LogP contribution in [0.25, 0.3) is 0 Å². The number of carbonyl (C=O) groups excluding carboxylic acids is 1. The zero-order valence-corrected chi connectivity index (χ0v) is 9.39. The Kier molecular flexibility index (Phi) is 3.15. The predicted molar refractivity (Wildman–Crippen MR) is 55.6 cm³/mol. The molecule has 0 aliphatic heterocycles. The third kappa shape index (κ3) is 2.82. The summed E-state index contributed by atoms with van der Waals surface area (Å²) in [5, 5.41) is 0. The van der Waals surface area contributed by atoms with Gasteiger partial charge in [-0.2, -0.15) is 0 Å². The summed E-state index contributed by atoms with van der Waals surface area (Å²) in [6.45, 7) is 8.60. The summed E-state index contributed by atoms with van der Waals surface area (Å²) in [5.74, 6) is 1.05. The average Bonchev–Trinajstić information content (AvgIpc) is 2.01. The maximum atomic E-state index is 11.8. The number of Topliss-reactive ketones (excluding diaryl/α,β-unsaturated/α-hetero) is 1. The number of carbonyl (C=O) groups is 1. The second-order valence-corrected chi connectivity index (χ2v) is 5.51. The molecule has 0 amide bonds. The van der Waals surface area contributed by atoms with Crippen LogP contribution in [0, 0.1) is 17.3 Å². The van der Waals surface area contributed by atoms with Crippen molar-refractivity contribution >= 4 is 5.78 Å². The lowest BCUT2D eigenvalue weighted by molar-refractivity contribution is -0.128. The van der Waals surface area contributed by atoms with E-state index in [1.54, 1.807) is 0 Å². The second kappa shape index (κ2) is 3.81. The van der Waals surface area contributed by atoms with Gasteiger partial charge in [-0.05, 0) is 24.7 Å². The number of rotatable bonds is 2. The van der Waals surface area contributed by atoms with Crippen LogP contribution in [0.3, 0.4) is 0 Å². The molecular weight excluding hydrogens is 160 g/mol. The third-order valence-corrected chi connectivity index (χ3v) is 3.18. The first-order chi connectivity index (χ1) is 5.92. The Morgan fingerprint density at radius 2 is 2.00 bits per heavy atom. The molecule has 1 nitrogen and oxygen atoms in total. The van der Waals surface area contributed by atoms with Gasteiger partial charge in [-0.1, -0.05) is 34.1 Å². The highest BCUT2D eigenvalue weighted by molar-refractivity contribution is 5.82. The Hall–Kier alpha value is -0.330. The van der Waals surface area contributed by atoms with Gasteiger partial charge in [0.25, 0.3) is 0 Å². The first-order valence-electron chi connectivity index (χ1n) is 5.46. The molecule has 0 spiro atoms. The van der Waals surface area contributed by atoms with E-state index in [2.05, 4.69) is 13.8 Å². The van der Waals surface area contributed by atoms with Crippen molar-refractivity contribution in [2.24, 2.45) is 17.3 Å². The maximum absolute atomic E-state index is 11.8. The molecule has 1 atom stereocenters. The molecule has 1 saturated carbocycles. The Morgan fingerprint density at radius 1 is 1.38 bits per heavy atom. The summed E-state index contributed by atoms with van der Waals surface area (Å²) in [5.41, 5.74) is 0.396. The molecule has 1 aliphatic rings. The monoisotopic (exact) mass is 182 g/mol. The molecule has 13 heavy (non-hydrogen) atoms. The van der Waals surface area contributed by atoms with Crippen molar-refractivity contribution in [3.8, 4) is 0 Å². The van der Waals surface area contributed by atoms with Gasteiger partial charge in [-0.15, -0.1) is 0 Å². The number of hydrogen-bond donors (Lipinski definition) is 0. The third-order valence-electron chi connectivity index (χ3n) is 3.18. The van der Waals surface area contributed by atoms with Crippen molar-refractivity contribution in [2.45, 2.75) is 53.4 Å². The molecule has 0 saturated heterocycles. The molecule has 76 valence electrons. The summed E-state index contributed by atoms with van der Waals surface area (Å²) in [7, 11) is 0. The molecule has 0 N–H and O–H groups in total. The minimum absolute atomic E-state index is 0.221. The van der Waals surface area contributed by atoms with Crippen molar-refractivity contribution < 1.29 is 4.79 Å². The topological polar surface area (TPSA) is 17.1 Å². The van der Waals surface area contributed by atoms with E-state index in [9.17, 15) is 4.79 Å². The van der Waals surface area contributed by atoms with Crippen LogP contribution in [-0.4, -0.2) is 5.78 Å². The summed E-state index contributed by atoms with van der Waals surface area (Å²) >= 11 is 0. The van der Waals surface area contributed by atoms with Crippen LogP contribution in [0.4, 0.5) is 0 Å². The molecule has 1 aliphatic carbocycles. The van der Waals surface area contributed by atoms with Crippen LogP contribution in [0.5, 0.6) is 0 Å². The van der Waals surface area contributed by atoms with Gasteiger partial charge in [0.15, 0.2) is 0 Å². The minimum Gasteiger partial charge on any atom is -0.299 e. The Balaban J connectivity index is 2.57. The first-order valence-corrected chi connectivity index (χ1v) is 5.46. The quantitative estimate of drug-likeness (QED) is 0.639. The van der Waals surface area contributed by atoms with E-state index in [-0.39, 0.29) is 5.92 Å². The fourth-order valence-corrected chi connectivity index (χ4v) is 2.41. The van der Waals surface area contributed by atoms with Crippen molar-refractivity contribution in [3.05, 3.63) is 0 Å². The normalized spacial score (nSPS) is 27.6. The molecule has 1 unspecified atom stereocenters. The predicted octanol–water partition coefficient (Wildman–Crippen LogP) is 3.43. The SMILES string of the molecule is CC(C)C(=O)C1CCCC(C)(C)C1. The largest absolute Gasteiger partial charge is 0.299 e. The summed E-state index contributed by atoms with van der Waals surface area (Å²) in [4.78, 5) is 11.8. The molecule has 1 heteroatoms. The highest BCUT2D eigenvalue weighted by Crippen LogP contribution is 2.39. The van der Waals surface area contributed by atoms with Gasteiger partial charge in [-0.3, -0.25) is 4.79 Å². The highest BCUT2D eigenvalue weighted by Gasteiger charge is 2.32. The van der Waals surface area contributed by atoms with E-state index in [4.69, 9.17) is 0 Å². The molecule has 0 radical (unpaired) electrons. The van der Waals surface area contributed by atoms with Gasteiger partial charge in [-0.25, -0.2) is 0 Å². The van der Waals surface area contributed by atoms with Crippen LogP contribution < -0.4 is 0 Å². The molecular formula is C12H22O. The van der Waals surface area contributed by atoms with Crippen LogP contribution in [0.15, 0.2) is 0 Å². The standard InChI is InChI=1S/C12H22O/c1-9(2)11(13)10-6-5-7-12(3,4)8-10/h9-10H,5-8H2,1-4H3. The first kappa shape index (κ1) is 10.7. The van der Waals surface area contributed by atoms with Gasteiger partial charge in [0.2, 0.25) is 0 Å². The molecule has 0 heterocycles. The van der Waals surface area contributed by atoms with Gasteiger partial charge in [0.05, 0.1) is 0 Å². The van der Waals surface area contributed by atoms with E-state index >= 15 is 0 Å². The Labute approximate surface area is 81.9 Å². The lowest BCUT2D eigenvalue weighted by Gasteiger charge is -2.35. The van der Waals surface area contributed by atoms with Crippen molar-refractivity contribution in [3.63, 3.8) is 0 Å². The van der Waals surface area contributed by atoms with Crippen LogP contribution in [0.1, 0.15) is 53.4 Å². The van der Waals surface area contributed by atoms with E-state index in [1.165, 1.54) is 12.8 Å². The summed E-state index contributed by atoms with van der Waals surface area (Å²) in [6.07, 6.45) is 4.75. The van der Waals surface area contributed by atoms with Crippen molar-refractivity contribution in [1.82, 2.24) is 0 Å². The molecule has 1 rings (SSSR count). The molecule has 0 aromatic rings. The molecule has 0 aromatic carbocycles. The highest BCUT2D eigenvalue weighted by atomic mass is 16.1. The lowest BCUT2D eigenvalue weighted by atomic mass is 9.70. The van der Waals surface area contributed by atoms with E-state index < -0.39 is 0 Å². The van der Waals surface area contributed by atoms with Crippen LogP contribution in [0.2, 0.25) is 0 Å². The Morgan fingerprint density at radius 3 is 2.46 bits per heavy atom. The number of ketones is 1. The number of hydrogen-bond acceptors (Lipinski definition) is 1. The van der Waals surface area contributed by atoms with E-state index in [1.807, 2.05) is 13.8 Å². The van der Waals surface area contributed by atoms with E-state index in [0.29, 0.717) is 17.1 Å². The zero-order chi connectivity index (χ0) is 10.1. The van der Waals surface area contributed by atoms with Crippen LogP contribution in [-0.2, 0) is 4.79 Å². The van der Waals surface area contributed by atoms with Gasteiger partial charge < -0.3 is 0 Å². The fourth-order valence-electron chi connectivity index (χ4n) is 2.41. The summed E-state index contributed by atoms with van der Waals surface area (Å²) in [6, 6.07) is 0. The van der Waals surface area contributed by atoms with Gasteiger partial charge >= 0.3 is 0 Å². The smallest absolute Gasteiger partial charge is 0.138 e.